The average Bonchev–Trinajstić information content (AvgIpc) is 3.38. The van der Waals surface area contributed by atoms with Crippen molar-refractivity contribution in [1.29, 1.82) is 0 Å². The van der Waals surface area contributed by atoms with Crippen LogP contribution >= 0.6 is 0 Å². The zero-order valence-electron chi connectivity index (χ0n) is 20.2. The van der Waals surface area contributed by atoms with Gasteiger partial charge in [-0.15, -0.1) is 0 Å². The standard InChI is InChI=1S/C27H24N2O7/c1-29-18-8-6-5-7-17(18)24(30)23(15-9-10-19-20(11-15)36-14-35-19)26(29)28-27(31)16-12-21(32-2)25(34-4)22(13-16)33-3/h5-13H,14H2,1-4H3,(H,28,31). The monoisotopic (exact) mass is 488 g/mol. The zero-order valence-corrected chi connectivity index (χ0v) is 20.2. The molecule has 0 atom stereocenters. The normalized spacial score (nSPS) is 11.9. The van der Waals surface area contributed by atoms with Crippen molar-refractivity contribution in [1.82, 2.24) is 4.57 Å². The third-order valence-corrected chi connectivity index (χ3v) is 6.13. The summed E-state index contributed by atoms with van der Waals surface area (Å²) in [7, 11) is 6.24. The fraction of sp³-hybridized carbons (Fsp3) is 0.185. The molecule has 0 saturated carbocycles. The maximum absolute atomic E-state index is 13.7. The number of aromatic nitrogens is 1. The van der Waals surface area contributed by atoms with Crippen LogP contribution in [0.1, 0.15) is 10.4 Å². The number of methoxy groups -OCH3 is 3. The van der Waals surface area contributed by atoms with Gasteiger partial charge >= 0.3 is 0 Å². The van der Waals surface area contributed by atoms with Gasteiger partial charge in [0, 0.05) is 18.0 Å². The highest BCUT2D eigenvalue weighted by atomic mass is 16.7. The van der Waals surface area contributed by atoms with Crippen molar-refractivity contribution in [3.8, 4) is 39.9 Å². The van der Waals surface area contributed by atoms with Crippen LogP contribution in [0.3, 0.4) is 0 Å². The van der Waals surface area contributed by atoms with Crippen molar-refractivity contribution in [2.45, 2.75) is 0 Å². The second-order valence-corrected chi connectivity index (χ2v) is 8.07. The number of rotatable bonds is 6. The summed E-state index contributed by atoms with van der Waals surface area (Å²) in [6.07, 6.45) is 0. The highest BCUT2D eigenvalue weighted by Gasteiger charge is 2.23. The SMILES string of the molecule is COc1cc(C(=O)Nc2c(-c3ccc4c(c3)OCO4)c(=O)c3ccccc3n2C)cc(OC)c1OC. The van der Waals surface area contributed by atoms with Gasteiger partial charge < -0.3 is 33.6 Å². The topological polar surface area (TPSA) is 97.3 Å². The Morgan fingerprint density at radius 1 is 0.917 bits per heavy atom. The average molecular weight is 488 g/mol. The summed E-state index contributed by atoms with van der Waals surface area (Å²) < 4.78 is 28.9. The van der Waals surface area contributed by atoms with Crippen LogP contribution in [0.5, 0.6) is 28.7 Å². The molecule has 0 saturated heterocycles. The molecule has 1 aliphatic heterocycles. The van der Waals surface area contributed by atoms with Gasteiger partial charge in [-0.2, -0.15) is 0 Å². The number of amides is 1. The minimum absolute atomic E-state index is 0.110. The molecule has 1 aliphatic rings. The second kappa shape index (κ2) is 9.18. The first kappa shape index (κ1) is 23.1. The summed E-state index contributed by atoms with van der Waals surface area (Å²) in [5, 5.41) is 3.46. The Bertz CT molecular complexity index is 1530. The molecule has 0 unspecified atom stereocenters. The summed E-state index contributed by atoms with van der Waals surface area (Å²) in [5.74, 6) is 2.05. The Hall–Kier alpha value is -4.66. The van der Waals surface area contributed by atoms with Gasteiger partial charge in [0.25, 0.3) is 5.91 Å². The molecule has 4 aromatic rings. The first-order valence-corrected chi connectivity index (χ1v) is 11.1. The molecule has 9 heteroatoms. The van der Waals surface area contributed by atoms with E-state index in [0.29, 0.717) is 56.6 Å². The van der Waals surface area contributed by atoms with Gasteiger partial charge in [0.2, 0.25) is 12.5 Å². The van der Waals surface area contributed by atoms with E-state index in [0.717, 1.165) is 0 Å². The summed E-state index contributed by atoms with van der Waals surface area (Å²) in [6.45, 7) is 0.110. The van der Waals surface area contributed by atoms with E-state index in [9.17, 15) is 9.59 Å². The van der Waals surface area contributed by atoms with E-state index in [-0.39, 0.29) is 17.8 Å². The highest BCUT2D eigenvalue weighted by Crippen LogP contribution is 2.40. The molecule has 1 amide bonds. The number of carbonyl (C=O) groups is 1. The predicted octanol–water partition coefficient (Wildman–Crippen LogP) is 4.21. The Morgan fingerprint density at radius 2 is 1.61 bits per heavy atom. The number of ether oxygens (including phenoxy) is 5. The van der Waals surface area contributed by atoms with Crippen molar-refractivity contribution in [3.63, 3.8) is 0 Å². The van der Waals surface area contributed by atoms with E-state index in [1.165, 1.54) is 21.3 Å². The first-order chi connectivity index (χ1) is 17.5. The molecule has 1 aromatic heterocycles. The van der Waals surface area contributed by atoms with Crippen molar-refractivity contribution in [2.75, 3.05) is 33.4 Å². The molecule has 36 heavy (non-hydrogen) atoms. The maximum Gasteiger partial charge on any atom is 0.257 e. The van der Waals surface area contributed by atoms with Crippen LogP contribution in [0.2, 0.25) is 0 Å². The lowest BCUT2D eigenvalue weighted by atomic mass is 10.0. The van der Waals surface area contributed by atoms with E-state index >= 15 is 0 Å². The number of carbonyl (C=O) groups excluding carboxylic acids is 1. The summed E-state index contributed by atoms with van der Waals surface area (Å²) >= 11 is 0. The highest BCUT2D eigenvalue weighted by molar-refractivity contribution is 6.07. The molecule has 0 spiro atoms. The summed E-state index contributed by atoms with van der Waals surface area (Å²) in [5.41, 5.74) is 1.64. The van der Waals surface area contributed by atoms with E-state index in [1.807, 2.05) is 12.1 Å². The number of nitrogens with zero attached hydrogens (tertiary/aromatic N) is 1. The molecular formula is C27H24N2O7. The molecule has 2 heterocycles. The van der Waals surface area contributed by atoms with E-state index in [2.05, 4.69) is 5.32 Å². The summed E-state index contributed by atoms with van der Waals surface area (Å²) in [6, 6.07) is 15.6. The number of para-hydroxylation sites is 1. The third kappa shape index (κ3) is 3.74. The van der Waals surface area contributed by atoms with Crippen molar-refractivity contribution >= 4 is 22.6 Å². The van der Waals surface area contributed by atoms with Gasteiger partial charge in [-0.1, -0.05) is 18.2 Å². The molecule has 0 bridgehead atoms. The van der Waals surface area contributed by atoms with Gasteiger partial charge in [0.05, 0.1) is 32.4 Å². The zero-order chi connectivity index (χ0) is 25.4. The molecule has 0 fully saturated rings. The lowest BCUT2D eigenvalue weighted by Crippen LogP contribution is -2.21. The van der Waals surface area contributed by atoms with Gasteiger partial charge in [0.1, 0.15) is 5.82 Å². The molecule has 184 valence electrons. The molecule has 5 rings (SSSR count). The number of hydrogen-bond acceptors (Lipinski definition) is 7. The molecule has 3 aromatic carbocycles. The van der Waals surface area contributed by atoms with Gasteiger partial charge in [0.15, 0.2) is 28.4 Å². The Morgan fingerprint density at radius 3 is 2.31 bits per heavy atom. The van der Waals surface area contributed by atoms with Crippen LogP contribution in [0, 0.1) is 0 Å². The Labute approximate surface area is 206 Å². The van der Waals surface area contributed by atoms with Crippen molar-refractivity contribution < 1.29 is 28.5 Å². The van der Waals surface area contributed by atoms with Crippen LogP contribution in [-0.2, 0) is 7.05 Å². The molecule has 0 aliphatic carbocycles. The van der Waals surface area contributed by atoms with Crippen molar-refractivity contribution in [2.24, 2.45) is 7.05 Å². The quantitative estimate of drug-likeness (QED) is 0.434. The molecular weight excluding hydrogens is 464 g/mol. The van der Waals surface area contributed by atoms with Crippen LogP contribution in [0.25, 0.3) is 22.0 Å². The number of pyridine rings is 1. The van der Waals surface area contributed by atoms with Crippen LogP contribution in [-0.4, -0.2) is 38.6 Å². The number of aryl methyl sites for hydroxylation is 1. The largest absolute Gasteiger partial charge is 0.493 e. The number of fused-ring (bicyclic) bond motifs is 2. The van der Waals surface area contributed by atoms with Gasteiger partial charge in [-0.05, 0) is 42.0 Å². The number of benzene rings is 3. The number of anilines is 1. The van der Waals surface area contributed by atoms with Crippen molar-refractivity contribution in [3.05, 3.63) is 70.4 Å². The number of hydrogen-bond donors (Lipinski definition) is 1. The van der Waals surface area contributed by atoms with E-state index in [1.54, 1.807) is 54.1 Å². The van der Waals surface area contributed by atoms with Crippen LogP contribution in [0.4, 0.5) is 5.82 Å². The fourth-order valence-electron chi connectivity index (χ4n) is 4.35. The third-order valence-electron chi connectivity index (χ3n) is 6.13. The lowest BCUT2D eigenvalue weighted by molar-refractivity contribution is 0.102. The van der Waals surface area contributed by atoms with Gasteiger partial charge in [-0.25, -0.2) is 0 Å². The summed E-state index contributed by atoms with van der Waals surface area (Å²) in [4.78, 5) is 27.2. The first-order valence-electron chi connectivity index (χ1n) is 11.1. The molecule has 0 radical (unpaired) electrons. The predicted molar refractivity (Wildman–Crippen MR) is 135 cm³/mol. The second-order valence-electron chi connectivity index (χ2n) is 8.07. The molecule has 1 N–H and O–H groups in total. The minimum Gasteiger partial charge on any atom is -0.493 e. The van der Waals surface area contributed by atoms with Gasteiger partial charge in [-0.3, -0.25) is 9.59 Å². The smallest absolute Gasteiger partial charge is 0.257 e. The lowest BCUT2D eigenvalue weighted by Gasteiger charge is -2.19. The van der Waals surface area contributed by atoms with Crippen LogP contribution < -0.4 is 34.4 Å². The van der Waals surface area contributed by atoms with Crippen LogP contribution in [0.15, 0.2) is 59.4 Å². The maximum atomic E-state index is 13.7. The minimum atomic E-state index is -0.457. The fourth-order valence-corrected chi connectivity index (χ4v) is 4.35. The molecule has 9 nitrogen and oxygen atoms in total. The Kier molecular flexibility index (Phi) is 5.89. The number of nitrogens with one attached hydrogen (secondary N) is 1. The van der Waals surface area contributed by atoms with E-state index < -0.39 is 5.91 Å². The Balaban J connectivity index is 1.68. The van der Waals surface area contributed by atoms with E-state index in [4.69, 9.17) is 23.7 Å².